The zero-order valence-electron chi connectivity index (χ0n) is 17.0. The van der Waals surface area contributed by atoms with Gasteiger partial charge in [-0.1, -0.05) is 42.5 Å². The molecular formula is C23H21F2N3O2S. The van der Waals surface area contributed by atoms with E-state index in [-0.39, 0.29) is 35.1 Å². The largest absolute Gasteiger partial charge is 0.324 e. The molecule has 0 fully saturated rings. The summed E-state index contributed by atoms with van der Waals surface area (Å²) in [5, 5.41) is 2.90. The van der Waals surface area contributed by atoms with Crippen molar-refractivity contribution in [1.29, 1.82) is 0 Å². The Balaban J connectivity index is 1.73. The number of benzene rings is 3. The predicted molar refractivity (Wildman–Crippen MR) is 117 cm³/mol. The van der Waals surface area contributed by atoms with Crippen LogP contribution in [-0.4, -0.2) is 14.4 Å². The lowest BCUT2D eigenvalue weighted by Crippen LogP contribution is -2.41. The van der Waals surface area contributed by atoms with Crippen molar-refractivity contribution in [3.05, 3.63) is 94.0 Å². The topological polar surface area (TPSA) is 70.6 Å². The normalized spacial score (nSPS) is 15.8. The van der Waals surface area contributed by atoms with E-state index in [4.69, 9.17) is 0 Å². The van der Waals surface area contributed by atoms with Crippen LogP contribution in [0, 0.1) is 25.5 Å². The summed E-state index contributed by atoms with van der Waals surface area (Å²) >= 11 is 0. The molecule has 1 heterocycles. The summed E-state index contributed by atoms with van der Waals surface area (Å²) in [5.74, 6) is -0.988. The van der Waals surface area contributed by atoms with Gasteiger partial charge in [0.1, 0.15) is 16.5 Å². The van der Waals surface area contributed by atoms with Crippen LogP contribution < -0.4 is 10.0 Å². The number of anilines is 1. The van der Waals surface area contributed by atoms with E-state index in [1.165, 1.54) is 6.07 Å². The smallest absolute Gasteiger partial charge is 0.266 e. The van der Waals surface area contributed by atoms with Gasteiger partial charge in [0.2, 0.25) is 5.96 Å². The Kier molecular flexibility index (Phi) is 5.49. The number of aryl methyl sites for hydroxylation is 2. The second-order valence-electron chi connectivity index (χ2n) is 7.45. The zero-order chi connectivity index (χ0) is 22.2. The molecule has 0 radical (unpaired) electrons. The van der Waals surface area contributed by atoms with E-state index < -0.39 is 21.7 Å². The third kappa shape index (κ3) is 4.16. The number of rotatable bonds is 4. The summed E-state index contributed by atoms with van der Waals surface area (Å²) in [6.07, 6.45) is 0.212. The molecule has 0 amide bonds. The van der Waals surface area contributed by atoms with E-state index >= 15 is 0 Å². The second-order valence-corrected chi connectivity index (χ2v) is 9.10. The highest BCUT2D eigenvalue weighted by Gasteiger charge is 2.30. The summed E-state index contributed by atoms with van der Waals surface area (Å²) < 4.78 is 56.9. The second kappa shape index (κ2) is 8.11. The molecule has 0 atom stereocenters. The minimum atomic E-state index is -3.96. The quantitative estimate of drug-likeness (QED) is 0.629. The van der Waals surface area contributed by atoms with Crippen LogP contribution in [0.3, 0.4) is 0 Å². The van der Waals surface area contributed by atoms with Crippen LogP contribution >= 0.6 is 0 Å². The monoisotopic (exact) mass is 441 g/mol. The van der Waals surface area contributed by atoms with Crippen LogP contribution in [0.1, 0.15) is 27.8 Å². The molecule has 160 valence electrons. The van der Waals surface area contributed by atoms with Crippen LogP contribution in [0.2, 0.25) is 0 Å². The number of nitrogens with zero attached hydrogens (tertiary/aromatic N) is 1. The van der Waals surface area contributed by atoms with Gasteiger partial charge in [0, 0.05) is 17.5 Å². The summed E-state index contributed by atoms with van der Waals surface area (Å²) in [6, 6.07) is 14.8. The van der Waals surface area contributed by atoms with Crippen LogP contribution in [0.15, 0.2) is 64.5 Å². The van der Waals surface area contributed by atoms with E-state index in [9.17, 15) is 17.2 Å². The van der Waals surface area contributed by atoms with Gasteiger partial charge in [0.05, 0.1) is 12.2 Å². The number of nitrogens with one attached hydrogen (secondary N) is 2. The maximum atomic E-state index is 14.8. The van der Waals surface area contributed by atoms with Crippen molar-refractivity contribution in [3.63, 3.8) is 0 Å². The first-order valence-electron chi connectivity index (χ1n) is 9.70. The molecule has 5 nitrogen and oxygen atoms in total. The van der Waals surface area contributed by atoms with Gasteiger partial charge >= 0.3 is 0 Å². The SMILES string of the molecule is Cc1ccccc1Cc1c(F)ccc2c1NC(=NCc1cccc(C)c1F)NS2(=O)=O. The Morgan fingerprint density at radius 2 is 1.61 bits per heavy atom. The van der Waals surface area contributed by atoms with Crippen LogP contribution in [0.4, 0.5) is 14.5 Å². The van der Waals surface area contributed by atoms with Gasteiger partial charge in [-0.2, -0.15) is 0 Å². The maximum absolute atomic E-state index is 14.8. The first kappa shape index (κ1) is 21.0. The van der Waals surface area contributed by atoms with Crippen molar-refractivity contribution in [2.45, 2.75) is 31.7 Å². The van der Waals surface area contributed by atoms with Gasteiger partial charge in [0.15, 0.2) is 0 Å². The number of guanidine groups is 1. The fourth-order valence-electron chi connectivity index (χ4n) is 3.53. The van der Waals surface area contributed by atoms with E-state index in [1.807, 2.05) is 31.2 Å². The number of hydrogen-bond donors (Lipinski definition) is 2. The molecule has 0 spiro atoms. The maximum Gasteiger partial charge on any atom is 0.266 e. The first-order valence-corrected chi connectivity index (χ1v) is 11.2. The zero-order valence-corrected chi connectivity index (χ0v) is 17.9. The summed E-state index contributed by atoms with van der Waals surface area (Å²) in [6.45, 7) is 3.48. The van der Waals surface area contributed by atoms with Gasteiger partial charge in [-0.25, -0.2) is 26.9 Å². The third-order valence-corrected chi connectivity index (χ3v) is 6.67. The van der Waals surface area contributed by atoms with E-state index in [0.29, 0.717) is 11.1 Å². The summed E-state index contributed by atoms with van der Waals surface area (Å²) in [5.41, 5.74) is 3.03. The Bertz CT molecular complexity index is 1300. The molecule has 0 unspecified atom stereocenters. The molecule has 0 aromatic heterocycles. The fourth-order valence-corrected chi connectivity index (χ4v) is 4.70. The lowest BCUT2D eigenvalue weighted by Gasteiger charge is -2.24. The van der Waals surface area contributed by atoms with E-state index in [0.717, 1.165) is 17.2 Å². The Morgan fingerprint density at radius 3 is 2.39 bits per heavy atom. The van der Waals surface area contributed by atoms with E-state index in [1.54, 1.807) is 25.1 Å². The van der Waals surface area contributed by atoms with Gasteiger partial charge in [-0.05, 0) is 42.7 Å². The highest BCUT2D eigenvalue weighted by Crippen LogP contribution is 2.32. The average Bonchev–Trinajstić information content (AvgIpc) is 2.72. The standard InChI is InChI=1S/C23H21F2N3O2S/c1-14-6-3-4-8-16(14)12-18-19(24)10-11-20-22(18)27-23(28-31(20,29)30)26-13-17-9-5-7-15(2)21(17)25/h3-11H,12-13H2,1-2H3,(H2,26,27,28). The Labute approximate surface area is 179 Å². The van der Waals surface area contributed by atoms with Gasteiger partial charge in [0.25, 0.3) is 10.0 Å². The minimum absolute atomic E-state index is 0.0572. The molecule has 0 saturated carbocycles. The molecule has 8 heteroatoms. The number of aliphatic imine (C=N–C) groups is 1. The Hall–Kier alpha value is -3.26. The number of sulfonamides is 1. The highest BCUT2D eigenvalue weighted by atomic mass is 32.2. The van der Waals surface area contributed by atoms with Crippen molar-refractivity contribution in [2.24, 2.45) is 4.99 Å². The fraction of sp³-hybridized carbons (Fsp3) is 0.174. The molecule has 1 aliphatic rings. The molecule has 1 aliphatic heterocycles. The van der Waals surface area contributed by atoms with Crippen LogP contribution in [0.25, 0.3) is 0 Å². The lowest BCUT2D eigenvalue weighted by atomic mass is 9.99. The number of halogens is 2. The van der Waals surface area contributed by atoms with Crippen molar-refractivity contribution >= 4 is 21.7 Å². The van der Waals surface area contributed by atoms with Crippen molar-refractivity contribution in [3.8, 4) is 0 Å². The number of hydrogen-bond acceptors (Lipinski definition) is 3. The molecule has 31 heavy (non-hydrogen) atoms. The average molecular weight is 442 g/mol. The molecule has 4 rings (SSSR count). The molecule has 2 N–H and O–H groups in total. The van der Waals surface area contributed by atoms with Gasteiger partial charge in [-0.15, -0.1) is 0 Å². The van der Waals surface area contributed by atoms with E-state index in [2.05, 4.69) is 15.0 Å². The van der Waals surface area contributed by atoms with Crippen molar-refractivity contribution in [1.82, 2.24) is 4.72 Å². The first-order chi connectivity index (χ1) is 14.8. The third-order valence-electron chi connectivity index (χ3n) is 5.29. The van der Waals surface area contributed by atoms with Crippen molar-refractivity contribution in [2.75, 3.05) is 5.32 Å². The summed E-state index contributed by atoms with van der Waals surface area (Å²) in [4.78, 5) is 4.14. The predicted octanol–water partition coefficient (Wildman–Crippen LogP) is 4.43. The van der Waals surface area contributed by atoms with Gasteiger partial charge in [-0.3, -0.25) is 0 Å². The number of fused-ring (bicyclic) bond motifs is 1. The summed E-state index contributed by atoms with van der Waals surface area (Å²) in [7, 11) is -3.96. The van der Waals surface area contributed by atoms with Crippen molar-refractivity contribution < 1.29 is 17.2 Å². The van der Waals surface area contributed by atoms with Gasteiger partial charge < -0.3 is 5.32 Å². The van der Waals surface area contributed by atoms with Crippen LogP contribution in [-0.2, 0) is 23.0 Å². The lowest BCUT2D eigenvalue weighted by molar-refractivity contribution is 0.588. The molecule has 3 aromatic rings. The molecule has 0 aliphatic carbocycles. The molecular weight excluding hydrogens is 420 g/mol. The molecule has 0 saturated heterocycles. The minimum Gasteiger partial charge on any atom is -0.324 e. The molecule has 3 aromatic carbocycles. The molecule has 0 bridgehead atoms. The van der Waals surface area contributed by atoms with Crippen LogP contribution in [0.5, 0.6) is 0 Å². The highest BCUT2D eigenvalue weighted by molar-refractivity contribution is 7.90. The Morgan fingerprint density at radius 1 is 0.903 bits per heavy atom.